The molecular weight excluding hydrogens is 264 g/mol. The zero-order valence-electron chi connectivity index (χ0n) is 13.9. The number of hydrazine groups is 1. The highest BCUT2D eigenvalue weighted by Gasteiger charge is 2.23. The molecule has 0 unspecified atom stereocenters. The Hall–Kier alpha value is -1.95. The fraction of sp³-hybridized carbons (Fsp3) is 0.533. The summed E-state index contributed by atoms with van der Waals surface area (Å²) in [6.45, 7) is 14.3. The second-order valence-electron chi connectivity index (χ2n) is 6.45. The molecule has 2 aromatic heterocycles. The maximum Gasteiger partial charge on any atom is 0.162 e. The molecule has 0 saturated carbocycles. The maximum absolute atomic E-state index is 5.61. The molecule has 0 bridgehead atoms. The number of aromatic nitrogens is 4. The van der Waals surface area contributed by atoms with E-state index >= 15 is 0 Å². The molecule has 0 aliphatic carbocycles. The number of nitrogens with one attached hydrogen (secondary N) is 1. The maximum atomic E-state index is 5.61. The molecule has 0 atom stereocenters. The predicted molar refractivity (Wildman–Crippen MR) is 84.6 cm³/mol. The van der Waals surface area contributed by atoms with Gasteiger partial charge in [0.25, 0.3) is 0 Å². The quantitative estimate of drug-likeness (QED) is 0.655. The lowest BCUT2D eigenvalue weighted by Gasteiger charge is -2.20. The summed E-state index contributed by atoms with van der Waals surface area (Å²) >= 11 is 0. The average molecular weight is 288 g/mol. The molecule has 0 aliphatic heterocycles. The molecular formula is C15H24N6. The first-order chi connectivity index (χ1) is 9.66. The molecule has 2 aromatic rings. The van der Waals surface area contributed by atoms with Crippen LogP contribution in [0, 0.1) is 27.7 Å². The molecule has 0 spiro atoms. The largest absolute Gasteiger partial charge is 0.308 e. The zero-order chi connectivity index (χ0) is 15.9. The highest BCUT2D eigenvalue weighted by Crippen LogP contribution is 2.26. The molecule has 2 rings (SSSR count). The first-order valence-electron chi connectivity index (χ1n) is 7.05. The predicted octanol–water partition coefficient (Wildman–Crippen LogP) is 2.48. The summed E-state index contributed by atoms with van der Waals surface area (Å²) in [4.78, 5) is 9.25. The van der Waals surface area contributed by atoms with Gasteiger partial charge in [-0.1, -0.05) is 20.8 Å². The Bertz CT molecular complexity index is 678. The Balaban J connectivity index is 2.75. The van der Waals surface area contributed by atoms with Crippen molar-refractivity contribution in [2.24, 2.45) is 5.84 Å². The van der Waals surface area contributed by atoms with E-state index in [9.17, 15) is 0 Å². The van der Waals surface area contributed by atoms with Crippen molar-refractivity contribution in [3.63, 3.8) is 0 Å². The van der Waals surface area contributed by atoms with E-state index in [1.807, 2.05) is 25.5 Å². The first kappa shape index (κ1) is 15.4. The van der Waals surface area contributed by atoms with Crippen molar-refractivity contribution in [3.8, 4) is 5.82 Å². The number of hydrogen-bond acceptors (Lipinski definition) is 5. The number of nitrogen functional groups attached to an aromatic ring is 1. The molecule has 0 aromatic carbocycles. The van der Waals surface area contributed by atoms with E-state index in [4.69, 9.17) is 10.8 Å². The van der Waals surface area contributed by atoms with E-state index in [2.05, 4.69) is 43.2 Å². The van der Waals surface area contributed by atoms with E-state index in [1.54, 1.807) is 0 Å². The normalized spacial score (nSPS) is 11.8. The third-order valence-electron chi connectivity index (χ3n) is 3.78. The van der Waals surface area contributed by atoms with Gasteiger partial charge in [0.05, 0.1) is 5.69 Å². The number of nitrogens with zero attached hydrogens (tertiary/aromatic N) is 4. The van der Waals surface area contributed by atoms with E-state index in [0.717, 1.165) is 28.6 Å². The molecule has 2 heterocycles. The molecule has 0 fully saturated rings. The number of anilines is 1. The summed E-state index contributed by atoms with van der Waals surface area (Å²) in [5, 5.41) is 4.60. The van der Waals surface area contributed by atoms with Gasteiger partial charge in [-0.15, -0.1) is 0 Å². The lowest BCUT2D eigenvalue weighted by atomic mass is 9.95. The second-order valence-corrected chi connectivity index (χ2v) is 6.45. The van der Waals surface area contributed by atoms with Gasteiger partial charge in [0.15, 0.2) is 5.82 Å². The molecule has 3 N–H and O–H groups in total. The van der Waals surface area contributed by atoms with Crippen LogP contribution in [0.25, 0.3) is 5.82 Å². The lowest BCUT2D eigenvalue weighted by molar-refractivity contribution is 0.541. The first-order valence-corrected chi connectivity index (χ1v) is 7.05. The van der Waals surface area contributed by atoms with Crippen LogP contribution in [-0.4, -0.2) is 19.7 Å². The minimum absolute atomic E-state index is 0.167. The van der Waals surface area contributed by atoms with Crippen molar-refractivity contribution in [1.29, 1.82) is 0 Å². The molecule has 21 heavy (non-hydrogen) atoms. The minimum atomic E-state index is -0.167. The van der Waals surface area contributed by atoms with E-state index in [1.165, 1.54) is 5.56 Å². The second kappa shape index (κ2) is 5.11. The third-order valence-corrected chi connectivity index (χ3v) is 3.78. The van der Waals surface area contributed by atoms with Gasteiger partial charge < -0.3 is 5.43 Å². The molecule has 0 radical (unpaired) electrons. The Morgan fingerprint density at radius 2 is 1.62 bits per heavy atom. The highest BCUT2D eigenvalue weighted by molar-refractivity contribution is 5.52. The average Bonchev–Trinajstić information content (AvgIpc) is 2.65. The van der Waals surface area contributed by atoms with E-state index in [0.29, 0.717) is 5.82 Å². The van der Waals surface area contributed by atoms with Crippen molar-refractivity contribution < 1.29 is 0 Å². The van der Waals surface area contributed by atoms with Crippen LogP contribution < -0.4 is 11.3 Å². The number of hydrogen-bond donors (Lipinski definition) is 2. The number of nitrogens with two attached hydrogens (primary N) is 1. The van der Waals surface area contributed by atoms with Crippen molar-refractivity contribution >= 4 is 5.82 Å². The van der Waals surface area contributed by atoms with Crippen LogP contribution in [0.2, 0.25) is 0 Å². The topological polar surface area (TPSA) is 81.7 Å². The van der Waals surface area contributed by atoms with Crippen LogP contribution >= 0.6 is 0 Å². The van der Waals surface area contributed by atoms with E-state index < -0.39 is 0 Å². The van der Waals surface area contributed by atoms with Crippen LogP contribution in [-0.2, 0) is 5.41 Å². The SMILES string of the molecule is Cc1nn(-c2nc(C(C)(C)C)nc(NN)c2C)c(C)c1C. The third kappa shape index (κ3) is 2.63. The summed E-state index contributed by atoms with van der Waals surface area (Å²) in [5.74, 6) is 7.76. The summed E-state index contributed by atoms with van der Waals surface area (Å²) in [7, 11) is 0. The fourth-order valence-electron chi connectivity index (χ4n) is 2.11. The van der Waals surface area contributed by atoms with Crippen LogP contribution in [0.3, 0.4) is 0 Å². The summed E-state index contributed by atoms with van der Waals surface area (Å²) < 4.78 is 1.87. The lowest BCUT2D eigenvalue weighted by Crippen LogP contribution is -2.22. The van der Waals surface area contributed by atoms with Crippen LogP contribution in [0.5, 0.6) is 0 Å². The van der Waals surface area contributed by atoms with Crippen molar-refractivity contribution in [2.75, 3.05) is 5.43 Å². The monoisotopic (exact) mass is 288 g/mol. The highest BCUT2D eigenvalue weighted by atomic mass is 15.3. The van der Waals surface area contributed by atoms with Gasteiger partial charge in [0.2, 0.25) is 0 Å². The van der Waals surface area contributed by atoms with Gasteiger partial charge in [-0.05, 0) is 33.3 Å². The van der Waals surface area contributed by atoms with E-state index in [-0.39, 0.29) is 5.41 Å². The smallest absolute Gasteiger partial charge is 0.162 e. The molecule has 6 heteroatoms. The molecule has 0 saturated heterocycles. The van der Waals surface area contributed by atoms with Crippen molar-refractivity contribution in [1.82, 2.24) is 19.7 Å². The van der Waals surface area contributed by atoms with Crippen LogP contribution in [0.4, 0.5) is 5.82 Å². The Kier molecular flexibility index (Phi) is 3.76. The molecule has 0 amide bonds. The van der Waals surface area contributed by atoms with Gasteiger partial charge >= 0.3 is 0 Å². The van der Waals surface area contributed by atoms with Gasteiger partial charge in [0, 0.05) is 16.7 Å². The number of aryl methyl sites for hydroxylation is 1. The van der Waals surface area contributed by atoms with Crippen LogP contribution in [0.1, 0.15) is 49.1 Å². The summed E-state index contributed by atoms with van der Waals surface area (Å²) in [5.41, 5.74) is 6.64. The molecule has 6 nitrogen and oxygen atoms in total. The standard InChI is InChI=1S/C15H24N6/c1-8-10(3)20-21(11(8)4)13-9(2)12(19-16)17-14(18-13)15(5,6)7/h16H2,1-7H3,(H,17,18,19). The van der Waals surface area contributed by atoms with Gasteiger partial charge in [-0.2, -0.15) is 5.10 Å². The van der Waals surface area contributed by atoms with Gasteiger partial charge in [-0.3, -0.25) is 0 Å². The fourth-order valence-corrected chi connectivity index (χ4v) is 2.11. The summed E-state index contributed by atoms with van der Waals surface area (Å²) in [6.07, 6.45) is 0. The molecule has 0 aliphatic rings. The summed E-state index contributed by atoms with van der Waals surface area (Å²) in [6, 6.07) is 0. The van der Waals surface area contributed by atoms with Crippen molar-refractivity contribution in [2.45, 2.75) is 53.9 Å². The van der Waals surface area contributed by atoms with Crippen molar-refractivity contribution in [3.05, 3.63) is 28.3 Å². The van der Waals surface area contributed by atoms with Gasteiger partial charge in [-0.25, -0.2) is 20.5 Å². The van der Waals surface area contributed by atoms with Crippen LogP contribution in [0.15, 0.2) is 0 Å². The zero-order valence-corrected chi connectivity index (χ0v) is 13.9. The Morgan fingerprint density at radius 1 is 1.00 bits per heavy atom. The van der Waals surface area contributed by atoms with Gasteiger partial charge in [0.1, 0.15) is 11.6 Å². The Morgan fingerprint density at radius 3 is 2.05 bits per heavy atom. The Labute approximate surface area is 125 Å². The minimum Gasteiger partial charge on any atom is -0.308 e. The molecule has 114 valence electrons. The number of rotatable bonds is 2.